The molecule has 298 valence electrons. The minimum atomic E-state index is -4.39. The zero-order valence-electron chi connectivity index (χ0n) is 33.1. The normalized spacial score (nSPS) is 14.6. The highest BCUT2D eigenvalue weighted by Crippen LogP contribution is 2.08. The van der Waals surface area contributed by atoms with Crippen molar-refractivity contribution >= 4 is 16.0 Å². The number of hydrogen-bond donors (Lipinski definition) is 3. The van der Waals surface area contributed by atoms with E-state index in [1.165, 1.54) is 38.2 Å². The number of hydrogen-bond acceptors (Lipinski definition) is 4. The first kappa shape index (κ1) is 49.7. The van der Waals surface area contributed by atoms with Crippen molar-refractivity contribution < 1.29 is 22.9 Å². The highest BCUT2D eigenvalue weighted by atomic mass is 32.2. The second-order valence-electron chi connectivity index (χ2n) is 13.2. The van der Waals surface area contributed by atoms with E-state index in [0.29, 0.717) is 19.3 Å². The molecule has 0 aromatic rings. The third-order valence-electron chi connectivity index (χ3n) is 8.10. The van der Waals surface area contributed by atoms with Crippen LogP contribution in [0.15, 0.2) is 122 Å². The Morgan fingerprint density at radius 1 is 0.528 bits per heavy atom. The van der Waals surface area contributed by atoms with Gasteiger partial charge in [-0.3, -0.25) is 9.35 Å². The zero-order valence-corrected chi connectivity index (χ0v) is 33.9. The molecule has 0 rings (SSSR count). The quantitative estimate of drug-likeness (QED) is 0.0345. The van der Waals surface area contributed by atoms with Gasteiger partial charge in [-0.2, -0.15) is 8.42 Å². The Morgan fingerprint density at radius 3 is 1.40 bits per heavy atom. The maximum atomic E-state index is 12.5. The van der Waals surface area contributed by atoms with Crippen LogP contribution < -0.4 is 5.32 Å². The molecule has 2 unspecified atom stereocenters. The maximum Gasteiger partial charge on any atom is 0.267 e. The third kappa shape index (κ3) is 39.8. The minimum absolute atomic E-state index is 0.196. The van der Waals surface area contributed by atoms with Crippen molar-refractivity contribution in [1.29, 1.82) is 0 Å². The first-order valence-electron chi connectivity index (χ1n) is 20.2. The van der Waals surface area contributed by atoms with Crippen molar-refractivity contribution in [2.24, 2.45) is 0 Å². The Bertz CT molecular complexity index is 1280. The second-order valence-corrected chi connectivity index (χ2v) is 14.7. The lowest BCUT2D eigenvalue weighted by Gasteiger charge is -2.21. The van der Waals surface area contributed by atoms with Crippen LogP contribution in [-0.2, 0) is 14.9 Å². The van der Waals surface area contributed by atoms with E-state index in [2.05, 4.69) is 122 Å². The number of aliphatic hydroxyl groups excluding tert-OH is 1. The van der Waals surface area contributed by atoms with E-state index < -0.39 is 28.0 Å². The van der Waals surface area contributed by atoms with Crippen LogP contribution in [0.2, 0.25) is 0 Å². The average molecular weight is 752 g/mol. The lowest BCUT2D eigenvalue weighted by Crippen LogP contribution is -2.46. The van der Waals surface area contributed by atoms with Crippen LogP contribution >= 0.6 is 0 Å². The molecule has 6 nitrogen and oxygen atoms in total. The molecule has 0 heterocycles. The van der Waals surface area contributed by atoms with Gasteiger partial charge in [-0.25, -0.2) is 0 Å². The van der Waals surface area contributed by atoms with Gasteiger partial charge in [0.15, 0.2) is 0 Å². The van der Waals surface area contributed by atoms with E-state index in [4.69, 9.17) is 0 Å². The smallest absolute Gasteiger partial charge is 0.267 e. The Labute approximate surface area is 324 Å². The monoisotopic (exact) mass is 752 g/mol. The number of nitrogens with one attached hydrogen (secondary N) is 1. The SMILES string of the molecule is CC/C=C\C/C=C\C/C=C\C/C=C\C/C=C\C/C=C\C/C=C\CCCC(=O)NC(CS(=O)(=O)O)C(O)/C=C/CC/C=C/CC/C=C/CCCCCCC. The summed E-state index contributed by atoms with van der Waals surface area (Å²) in [4.78, 5) is 12.5. The van der Waals surface area contributed by atoms with E-state index in [1.54, 1.807) is 6.08 Å². The molecule has 0 aliphatic carbocycles. The average Bonchev–Trinajstić information content (AvgIpc) is 3.12. The van der Waals surface area contributed by atoms with Crippen LogP contribution in [0.1, 0.15) is 142 Å². The fraction of sp³-hybridized carbons (Fsp3) is 0.543. The van der Waals surface area contributed by atoms with Crippen molar-refractivity contribution in [1.82, 2.24) is 5.32 Å². The summed E-state index contributed by atoms with van der Waals surface area (Å²) in [6.45, 7) is 4.38. The molecule has 0 aromatic carbocycles. The summed E-state index contributed by atoms with van der Waals surface area (Å²) in [5.74, 6) is -1.10. The van der Waals surface area contributed by atoms with Crippen LogP contribution in [-0.4, -0.2) is 41.9 Å². The van der Waals surface area contributed by atoms with Gasteiger partial charge >= 0.3 is 0 Å². The molecule has 7 heteroatoms. The molecule has 0 saturated heterocycles. The largest absolute Gasteiger partial charge is 0.387 e. The third-order valence-corrected chi connectivity index (χ3v) is 8.88. The highest BCUT2D eigenvalue weighted by Gasteiger charge is 2.24. The molecule has 0 radical (unpaired) electrons. The van der Waals surface area contributed by atoms with E-state index in [1.807, 2.05) is 6.08 Å². The van der Waals surface area contributed by atoms with Crippen molar-refractivity contribution in [2.45, 2.75) is 154 Å². The number of rotatable bonds is 34. The topological polar surface area (TPSA) is 104 Å². The Morgan fingerprint density at radius 2 is 0.925 bits per heavy atom. The molecule has 1 amide bonds. The molecule has 0 bridgehead atoms. The van der Waals surface area contributed by atoms with Crippen molar-refractivity contribution in [3.8, 4) is 0 Å². The lowest BCUT2D eigenvalue weighted by atomic mass is 10.1. The van der Waals surface area contributed by atoms with E-state index in [-0.39, 0.29) is 12.3 Å². The summed E-state index contributed by atoms with van der Waals surface area (Å²) in [6, 6.07) is -1.12. The molecule has 0 aliphatic heterocycles. The molecule has 0 saturated carbocycles. The van der Waals surface area contributed by atoms with Gasteiger partial charge in [-0.15, -0.1) is 0 Å². The van der Waals surface area contributed by atoms with Gasteiger partial charge in [-0.05, 0) is 96.3 Å². The summed E-state index contributed by atoms with van der Waals surface area (Å²) in [6.07, 6.45) is 60.4. The van der Waals surface area contributed by atoms with Crippen molar-refractivity contribution in [3.63, 3.8) is 0 Å². The standard InChI is InChI=1S/C46H73NO5S/c1-3-5-7-9-11-13-15-17-19-20-21-22-23-24-25-26-28-30-32-34-36-38-40-42-46(49)47-44(43-53(50,51)52)45(48)41-39-37-35-33-31-29-27-18-16-14-12-10-8-6-4-2/h5,7,11,13,16-19,21-22,24-25,28,30-31,33-34,36,39,41,44-45,48H,3-4,6,8-10,12,14-15,20,23,26-27,29,32,35,37-38,40,42-43H2,1-2H3,(H,47,49)(H,50,51,52)/b7-5-,13-11-,18-16+,19-17-,22-21-,25-24-,30-28-,33-31+,36-34-,41-39+. The fourth-order valence-corrected chi connectivity index (χ4v) is 5.85. The fourth-order valence-electron chi connectivity index (χ4n) is 5.11. The highest BCUT2D eigenvalue weighted by molar-refractivity contribution is 7.85. The molecule has 53 heavy (non-hydrogen) atoms. The lowest BCUT2D eigenvalue weighted by molar-refractivity contribution is -0.122. The first-order valence-corrected chi connectivity index (χ1v) is 21.8. The predicted molar refractivity (Wildman–Crippen MR) is 229 cm³/mol. The molecular formula is C46H73NO5S. The van der Waals surface area contributed by atoms with Gasteiger partial charge < -0.3 is 10.4 Å². The minimum Gasteiger partial charge on any atom is -0.387 e. The zero-order chi connectivity index (χ0) is 38.9. The number of unbranched alkanes of at least 4 members (excludes halogenated alkanes) is 8. The van der Waals surface area contributed by atoms with Gasteiger partial charge in [0.25, 0.3) is 10.1 Å². The van der Waals surface area contributed by atoms with Gasteiger partial charge in [0.2, 0.25) is 5.91 Å². The van der Waals surface area contributed by atoms with E-state index in [0.717, 1.165) is 70.6 Å². The first-order chi connectivity index (χ1) is 25.8. The summed E-state index contributed by atoms with van der Waals surface area (Å²) in [5, 5.41) is 13.1. The van der Waals surface area contributed by atoms with Gasteiger partial charge in [0.1, 0.15) is 0 Å². The number of aliphatic hydroxyl groups is 1. The molecule has 0 aliphatic rings. The molecular weight excluding hydrogens is 679 g/mol. The summed E-state index contributed by atoms with van der Waals surface area (Å²) in [5.41, 5.74) is 0. The van der Waals surface area contributed by atoms with E-state index in [9.17, 15) is 22.9 Å². The van der Waals surface area contributed by atoms with Crippen LogP contribution in [0, 0.1) is 0 Å². The Kier molecular flexibility index (Phi) is 36.1. The number of amides is 1. The molecule has 0 aromatic heterocycles. The number of allylic oxidation sites excluding steroid dienone is 19. The van der Waals surface area contributed by atoms with Crippen molar-refractivity contribution in [3.05, 3.63) is 122 Å². The van der Waals surface area contributed by atoms with Gasteiger partial charge in [-0.1, -0.05) is 161 Å². The van der Waals surface area contributed by atoms with Crippen LogP contribution in [0.4, 0.5) is 0 Å². The van der Waals surface area contributed by atoms with Crippen LogP contribution in [0.25, 0.3) is 0 Å². The summed E-state index contributed by atoms with van der Waals surface area (Å²) >= 11 is 0. The van der Waals surface area contributed by atoms with Crippen molar-refractivity contribution in [2.75, 3.05) is 5.75 Å². The summed E-state index contributed by atoms with van der Waals surface area (Å²) < 4.78 is 32.4. The Hall–Kier alpha value is -3.26. The second kappa shape index (κ2) is 38.5. The van der Waals surface area contributed by atoms with Gasteiger partial charge in [0.05, 0.1) is 17.9 Å². The summed E-state index contributed by atoms with van der Waals surface area (Å²) in [7, 11) is -4.39. The maximum absolute atomic E-state index is 12.5. The van der Waals surface area contributed by atoms with E-state index >= 15 is 0 Å². The van der Waals surface area contributed by atoms with Gasteiger partial charge in [0, 0.05) is 6.42 Å². The number of carbonyl (C=O) groups excluding carboxylic acids is 1. The molecule has 3 N–H and O–H groups in total. The predicted octanol–water partition coefficient (Wildman–Crippen LogP) is 12.1. The molecule has 0 fully saturated rings. The Balaban J connectivity index is 4.17. The van der Waals surface area contributed by atoms with Crippen LogP contribution in [0.3, 0.4) is 0 Å². The number of carbonyl (C=O) groups is 1. The molecule has 2 atom stereocenters. The van der Waals surface area contributed by atoms with Crippen LogP contribution in [0.5, 0.6) is 0 Å². The molecule has 0 spiro atoms.